The molecule has 7 nitrogen and oxygen atoms in total. The van der Waals surface area contributed by atoms with E-state index < -0.39 is 0 Å². The van der Waals surface area contributed by atoms with Gasteiger partial charge in [0.1, 0.15) is 6.33 Å². The zero-order chi connectivity index (χ0) is 14.5. The topological polar surface area (TPSA) is 92.7 Å². The van der Waals surface area contributed by atoms with Gasteiger partial charge in [-0.15, -0.1) is 0 Å². The van der Waals surface area contributed by atoms with Crippen molar-refractivity contribution in [3.05, 3.63) is 46.6 Å². The van der Waals surface area contributed by atoms with Crippen LogP contribution in [0.1, 0.15) is 12.0 Å². The van der Waals surface area contributed by atoms with Crippen LogP contribution in [-0.2, 0) is 18.4 Å². The SMILES string of the molecule is Cn1cnn(CCC(=O)Nc2cccc(C#N)c2)c1=O. The molecule has 0 radical (unpaired) electrons. The Morgan fingerprint density at radius 2 is 2.30 bits per heavy atom. The molecule has 0 saturated heterocycles. The maximum atomic E-state index is 11.8. The summed E-state index contributed by atoms with van der Waals surface area (Å²) in [5, 5.41) is 15.3. The molecular weight excluding hydrogens is 258 g/mol. The number of aromatic nitrogens is 3. The summed E-state index contributed by atoms with van der Waals surface area (Å²) in [6.45, 7) is 0.212. The first-order chi connectivity index (χ1) is 9.60. The summed E-state index contributed by atoms with van der Waals surface area (Å²) in [5.74, 6) is -0.238. The average molecular weight is 271 g/mol. The van der Waals surface area contributed by atoms with E-state index in [2.05, 4.69) is 10.4 Å². The van der Waals surface area contributed by atoms with Crippen LogP contribution in [0, 0.1) is 11.3 Å². The van der Waals surface area contributed by atoms with Gasteiger partial charge in [-0.25, -0.2) is 9.48 Å². The Balaban J connectivity index is 1.94. The van der Waals surface area contributed by atoms with Crippen molar-refractivity contribution in [3.63, 3.8) is 0 Å². The first-order valence-electron chi connectivity index (χ1n) is 5.98. The fourth-order valence-corrected chi connectivity index (χ4v) is 1.67. The number of nitrogens with one attached hydrogen (secondary N) is 1. The molecular formula is C13H13N5O2. The summed E-state index contributed by atoms with van der Waals surface area (Å²) < 4.78 is 2.57. The molecule has 0 saturated carbocycles. The number of amides is 1. The van der Waals surface area contributed by atoms with Gasteiger partial charge in [-0.1, -0.05) is 6.07 Å². The third-order valence-electron chi connectivity index (χ3n) is 2.71. The quantitative estimate of drug-likeness (QED) is 0.875. The summed E-state index contributed by atoms with van der Waals surface area (Å²) in [5.41, 5.74) is 0.774. The standard InChI is InChI=1S/C13H13N5O2/c1-17-9-15-18(13(17)20)6-5-12(19)16-11-4-2-3-10(7-11)8-14/h2-4,7,9H,5-6H2,1H3,(H,16,19). The fraction of sp³-hybridized carbons (Fsp3) is 0.231. The van der Waals surface area contributed by atoms with Crippen molar-refractivity contribution in [1.29, 1.82) is 5.26 Å². The Bertz CT molecular complexity index is 723. The number of carbonyl (C=O) groups is 1. The fourth-order valence-electron chi connectivity index (χ4n) is 1.67. The Kier molecular flexibility index (Phi) is 3.96. The highest BCUT2D eigenvalue weighted by atomic mass is 16.2. The highest BCUT2D eigenvalue weighted by Gasteiger charge is 2.06. The number of hydrogen-bond acceptors (Lipinski definition) is 4. The molecule has 1 amide bonds. The molecule has 0 aliphatic rings. The van der Waals surface area contributed by atoms with Crippen LogP contribution in [0.2, 0.25) is 0 Å². The van der Waals surface area contributed by atoms with Crippen molar-refractivity contribution in [2.45, 2.75) is 13.0 Å². The minimum absolute atomic E-state index is 0.133. The van der Waals surface area contributed by atoms with Gasteiger partial charge < -0.3 is 5.32 Å². The van der Waals surface area contributed by atoms with E-state index in [0.29, 0.717) is 11.3 Å². The number of aryl methyl sites for hydroxylation is 2. The summed E-state index contributed by atoms with van der Waals surface area (Å²) in [6, 6.07) is 8.64. The summed E-state index contributed by atoms with van der Waals surface area (Å²) in [7, 11) is 1.60. The molecule has 0 atom stereocenters. The summed E-state index contributed by atoms with van der Waals surface area (Å²) in [4.78, 5) is 23.3. The van der Waals surface area contributed by atoms with E-state index in [4.69, 9.17) is 5.26 Å². The van der Waals surface area contributed by atoms with Gasteiger partial charge in [0.15, 0.2) is 0 Å². The molecule has 20 heavy (non-hydrogen) atoms. The first-order valence-corrected chi connectivity index (χ1v) is 5.98. The van der Waals surface area contributed by atoms with Gasteiger partial charge in [0, 0.05) is 19.2 Å². The zero-order valence-electron chi connectivity index (χ0n) is 10.9. The van der Waals surface area contributed by atoms with Crippen LogP contribution in [-0.4, -0.2) is 20.3 Å². The predicted molar refractivity (Wildman–Crippen MR) is 71.9 cm³/mol. The van der Waals surface area contributed by atoms with Gasteiger partial charge in [0.25, 0.3) is 0 Å². The highest BCUT2D eigenvalue weighted by molar-refractivity contribution is 5.90. The number of nitriles is 1. The van der Waals surface area contributed by atoms with Gasteiger partial charge >= 0.3 is 5.69 Å². The maximum Gasteiger partial charge on any atom is 0.345 e. The van der Waals surface area contributed by atoms with Crippen molar-refractivity contribution in [2.75, 3.05) is 5.32 Å². The number of rotatable bonds is 4. The second-order valence-electron chi connectivity index (χ2n) is 4.24. The largest absolute Gasteiger partial charge is 0.345 e. The van der Waals surface area contributed by atoms with Crippen molar-refractivity contribution >= 4 is 11.6 Å². The third kappa shape index (κ3) is 3.11. The number of hydrogen-bond donors (Lipinski definition) is 1. The van der Waals surface area contributed by atoms with Crippen LogP contribution < -0.4 is 11.0 Å². The molecule has 2 aromatic rings. The molecule has 7 heteroatoms. The van der Waals surface area contributed by atoms with Crippen molar-refractivity contribution in [3.8, 4) is 6.07 Å². The minimum atomic E-state index is -0.260. The lowest BCUT2D eigenvalue weighted by molar-refractivity contribution is -0.116. The van der Waals surface area contributed by atoms with Crippen LogP contribution in [0.25, 0.3) is 0 Å². The molecule has 1 N–H and O–H groups in total. The van der Waals surface area contributed by atoms with Gasteiger partial charge in [0.2, 0.25) is 5.91 Å². The van der Waals surface area contributed by atoms with E-state index in [1.54, 1.807) is 31.3 Å². The van der Waals surface area contributed by atoms with E-state index in [9.17, 15) is 9.59 Å². The van der Waals surface area contributed by atoms with Crippen LogP contribution in [0.15, 0.2) is 35.4 Å². The lowest BCUT2D eigenvalue weighted by Crippen LogP contribution is -2.25. The Morgan fingerprint density at radius 3 is 2.95 bits per heavy atom. The van der Waals surface area contributed by atoms with E-state index >= 15 is 0 Å². The molecule has 0 unspecified atom stereocenters. The number of carbonyl (C=O) groups excluding carboxylic acids is 1. The highest BCUT2D eigenvalue weighted by Crippen LogP contribution is 2.09. The number of anilines is 1. The molecule has 1 aromatic carbocycles. The normalized spacial score (nSPS) is 10.0. The molecule has 0 fully saturated rings. The van der Waals surface area contributed by atoms with E-state index in [1.165, 1.54) is 15.6 Å². The van der Waals surface area contributed by atoms with Gasteiger partial charge in [-0.05, 0) is 18.2 Å². The van der Waals surface area contributed by atoms with Crippen LogP contribution >= 0.6 is 0 Å². The molecule has 1 aromatic heterocycles. The smallest absolute Gasteiger partial charge is 0.326 e. The summed E-state index contributed by atoms with van der Waals surface area (Å²) >= 11 is 0. The van der Waals surface area contributed by atoms with E-state index in [-0.39, 0.29) is 24.6 Å². The molecule has 0 spiro atoms. The third-order valence-corrected chi connectivity index (χ3v) is 2.71. The van der Waals surface area contributed by atoms with Gasteiger partial charge in [-0.2, -0.15) is 10.4 Å². The molecule has 2 rings (SSSR count). The monoisotopic (exact) mass is 271 g/mol. The van der Waals surface area contributed by atoms with Crippen molar-refractivity contribution < 1.29 is 4.79 Å². The van der Waals surface area contributed by atoms with Crippen LogP contribution in [0.4, 0.5) is 5.69 Å². The van der Waals surface area contributed by atoms with Gasteiger partial charge in [0.05, 0.1) is 18.2 Å². The Labute approximate surface area is 115 Å². The second-order valence-corrected chi connectivity index (χ2v) is 4.24. The minimum Gasteiger partial charge on any atom is -0.326 e. The second kappa shape index (κ2) is 5.84. The van der Waals surface area contributed by atoms with Crippen LogP contribution in [0.5, 0.6) is 0 Å². The zero-order valence-corrected chi connectivity index (χ0v) is 10.9. The Morgan fingerprint density at radius 1 is 1.50 bits per heavy atom. The van der Waals surface area contributed by atoms with E-state index in [1.807, 2.05) is 6.07 Å². The van der Waals surface area contributed by atoms with Crippen molar-refractivity contribution in [2.24, 2.45) is 7.05 Å². The van der Waals surface area contributed by atoms with Crippen molar-refractivity contribution in [1.82, 2.24) is 14.3 Å². The molecule has 0 aliphatic carbocycles. The molecule has 102 valence electrons. The van der Waals surface area contributed by atoms with E-state index in [0.717, 1.165) is 0 Å². The number of benzene rings is 1. The summed E-state index contributed by atoms with van der Waals surface area (Å²) in [6.07, 6.45) is 1.53. The van der Waals surface area contributed by atoms with Gasteiger partial charge in [-0.3, -0.25) is 9.36 Å². The number of nitrogens with zero attached hydrogens (tertiary/aromatic N) is 4. The Hall–Kier alpha value is -2.88. The maximum absolute atomic E-state index is 11.8. The molecule has 1 heterocycles. The first kappa shape index (κ1) is 13.5. The molecule has 0 bridgehead atoms. The predicted octanol–water partition coefficient (Wildman–Crippen LogP) is 0.482. The van der Waals surface area contributed by atoms with Crippen LogP contribution in [0.3, 0.4) is 0 Å². The average Bonchev–Trinajstić information content (AvgIpc) is 2.77. The lowest BCUT2D eigenvalue weighted by atomic mass is 10.2. The molecule has 0 aliphatic heterocycles. The lowest BCUT2D eigenvalue weighted by Gasteiger charge is -2.05.